The SMILES string of the molecule is COc1ccc2c(c1)c1c(n2Cc2ccccc2)C(=O)c2ccccc2C1=O. The predicted octanol–water partition coefficient (Wildman–Crippen LogP) is 4.47. The Kier molecular flexibility index (Phi) is 3.66. The number of ether oxygens (including phenoxy) is 1. The highest BCUT2D eigenvalue weighted by Gasteiger charge is 2.35. The van der Waals surface area contributed by atoms with Crippen molar-refractivity contribution in [2.75, 3.05) is 7.11 Å². The quantitative estimate of drug-likeness (QED) is 0.473. The fourth-order valence-corrected chi connectivity index (χ4v) is 4.00. The number of rotatable bonds is 3. The van der Waals surface area contributed by atoms with Gasteiger partial charge in [0.1, 0.15) is 11.4 Å². The summed E-state index contributed by atoms with van der Waals surface area (Å²) in [5.41, 5.74) is 3.76. The van der Waals surface area contributed by atoms with Crippen molar-refractivity contribution in [2.45, 2.75) is 6.54 Å². The Balaban J connectivity index is 1.83. The van der Waals surface area contributed by atoms with E-state index in [0.717, 1.165) is 16.5 Å². The molecule has 136 valence electrons. The van der Waals surface area contributed by atoms with Gasteiger partial charge in [-0.15, -0.1) is 0 Å². The summed E-state index contributed by atoms with van der Waals surface area (Å²) < 4.78 is 7.32. The first-order chi connectivity index (χ1) is 13.7. The van der Waals surface area contributed by atoms with Crippen LogP contribution < -0.4 is 4.74 Å². The zero-order valence-corrected chi connectivity index (χ0v) is 15.3. The van der Waals surface area contributed by atoms with Crippen molar-refractivity contribution in [2.24, 2.45) is 0 Å². The molecule has 0 unspecified atom stereocenters. The van der Waals surface area contributed by atoms with Crippen LogP contribution in [0.3, 0.4) is 0 Å². The molecule has 1 aliphatic rings. The maximum Gasteiger partial charge on any atom is 0.210 e. The van der Waals surface area contributed by atoms with E-state index in [-0.39, 0.29) is 11.6 Å². The van der Waals surface area contributed by atoms with Crippen LogP contribution in [0.25, 0.3) is 10.9 Å². The minimum Gasteiger partial charge on any atom is -0.497 e. The monoisotopic (exact) mass is 367 g/mol. The van der Waals surface area contributed by atoms with Crippen LogP contribution in [0.15, 0.2) is 72.8 Å². The number of hydrogen-bond donors (Lipinski definition) is 0. The van der Waals surface area contributed by atoms with E-state index >= 15 is 0 Å². The summed E-state index contributed by atoms with van der Waals surface area (Å²) in [6, 6.07) is 22.6. The molecule has 0 saturated heterocycles. The molecule has 0 radical (unpaired) electrons. The van der Waals surface area contributed by atoms with Gasteiger partial charge in [0.2, 0.25) is 5.78 Å². The van der Waals surface area contributed by atoms with E-state index in [2.05, 4.69) is 0 Å². The van der Waals surface area contributed by atoms with Crippen LogP contribution in [-0.2, 0) is 6.54 Å². The molecule has 4 nitrogen and oxygen atoms in total. The smallest absolute Gasteiger partial charge is 0.210 e. The van der Waals surface area contributed by atoms with Gasteiger partial charge >= 0.3 is 0 Å². The topological polar surface area (TPSA) is 48.3 Å². The van der Waals surface area contributed by atoms with Crippen LogP contribution in [0, 0.1) is 0 Å². The lowest BCUT2D eigenvalue weighted by molar-refractivity contribution is 0.0974. The highest BCUT2D eigenvalue weighted by molar-refractivity contribution is 6.32. The summed E-state index contributed by atoms with van der Waals surface area (Å²) in [5, 5.41) is 0.748. The molecule has 28 heavy (non-hydrogen) atoms. The summed E-state index contributed by atoms with van der Waals surface area (Å²) >= 11 is 0. The maximum absolute atomic E-state index is 13.4. The number of benzene rings is 3. The van der Waals surface area contributed by atoms with Gasteiger partial charge in [-0.25, -0.2) is 0 Å². The first kappa shape index (κ1) is 16.5. The zero-order valence-electron chi connectivity index (χ0n) is 15.3. The summed E-state index contributed by atoms with van der Waals surface area (Å²) in [6.45, 7) is 0.514. The lowest BCUT2D eigenvalue weighted by Crippen LogP contribution is -2.23. The molecular formula is C24H17NO3. The molecule has 1 aromatic heterocycles. The van der Waals surface area contributed by atoms with Crippen molar-refractivity contribution in [3.8, 4) is 5.75 Å². The van der Waals surface area contributed by atoms with E-state index in [0.29, 0.717) is 34.7 Å². The fourth-order valence-electron chi connectivity index (χ4n) is 4.00. The predicted molar refractivity (Wildman–Crippen MR) is 107 cm³/mol. The van der Waals surface area contributed by atoms with E-state index in [1.54, 1.807) is 31.4 Å². The fraction of sp³-hybridized carbons (Fsp3) is 0.0833. The first-order valence-corrected chi connectivity index (χ1v) is 9.11. The van der Waals surface area contributed by atoms with Crippen molar-refractivity contribution in [1.29, 1.82) is 0 Å². The molecule has 5 rings (SSSR count). The largest absolute Gasteiger partial charge is 0.497 e. The third kappa shape index (κ3) is 2.31. The van der Waals surface area contributed by atoms with Gasteiger partial charge in [-0.05, 0) is 23.8 Å². The summed E-state index contributed by atoms with van der Waals surface area (Å²) in [6.07, 6.45) is 0. The molecule has 0 saturated carbocycles. The molecule has 4 aromatic rings. The standard InChI is InChI=1S/C24H17NO3/c1-28-16-11-12-20-19(13-16)21-22(25(20)14-15-7-3-2-4-8-15)24(27)18-10-6-5-9-17(18)23(21)26/h2-13H,14H2,1H3. The Hall–Kier alpha value is -3.66. The number of fused-ring (bicyclic) bond motifs is 4. The number of carbonyl (C=O) groups is 2. The van der Waals surface area contributed by atoms with E-state index in [4.69, 9.17) is 4.74 Å². The van der Waals surface area contributed by atoms with Gasteiger partial charge in [0.15, 0.2) is 5.78 Å². The Morgan fingerprint density at radius 1 is 0.821 bits per heavy atom. The molecule has 0 amide bonds. The van der Waals surface area contributed by atoms with Crippen LogP contribution in [0.5, 0.6) is 5.75 Å². The van der Waals surface area contributed by atoms with Gasteiger partial charge in [-0.1, -0.05) is 54.6 Å². The molecule has 0 bridgehead atoms. The molecule has 1 aliphatic carbocycles. The molecule has 0 spiro atoms. The van der Waals surface area contributed by atoms with E-state index in [1.165, 1.54) is 0 Å². The number of aromatic nitrogens is 1. The summed E-state index contributed by atoms with van der Waals surface area (Å²) in [5.74, 6) is 0.429. The molecule has 0 aliphatic heterocycles. The Bertz CT molecular complexity index is 1250. The first-order valence-electron chi connectivity index (χ1n) is 9.11. The minimum absolute atomic E-state index is 0.115. The van der Waals surface area contributed by atoms with Crippen LogP contribution in [0.1, 0.15) is 37.5 Å². The van der Waals surface area contributed by atoms with Crippen LogP contribution in [0.2, 0.25) is 0 Å². The third-order valence-electron chi connectivity index (χ3n) is 5.31. The Morgan fingerprint density at radius 3 is 2.21 bits per heavy atom. The van der Waals surface area contributed by atoms with Crippen LogP contribution >= 0.6 is 0 Å². The van der Waals surface area contributed by atoms with Crippen molar-refractivity contribution >= 4 is 22.5 Å². The van der Waals surface area contributed by atoms with E-state index in [9.17, 15) is 9.59 Å². The molecule has 0 fully saturated rings. The van der Waals surface area contributed by atoms with Crippen molar-refractivity contribution < 1.29 is 14.3 Å². The van der Waals surface area contributed by atoms with Gasteiger partial charge in [-0.2, -0.15) is 0 Å². The van der Waals surface area contributed by atoms with Crippen molar-refractivity contribution in [3.05, 3.63) is 101 Å². The van der Waals surface area contributed by atoms with Gasteiger partial charge in [0.25, 0.3) is 0 Å². The van der Waals surface area contributed by atoms with Crippen LogP contribution in [0.4, 0.5) is 0 Å². The lowest BCUT2D eigenvalue weighted by atomic mass is 9.87. The maximum atomic E-state index is 13.4. The normalized spacial score (nSPS) is 12.8. The van der Waals surface area contributed by atoms with Gasteiger partial charge in [0, 0.05) is 28.6 Å². The number of nitrogens with zero attached hydrogens (tertiary/aromatic N) is 1. The second kappa shape index (κ2) is 6.20. The number of ketones is 2. The van der Waals surface area contributed by atoms with Crippen LogP contribution in [-0.4, -0.2) is 23.2 Å². The minimum atomic E-state index is -0.115. The summed E-state index contributed by atoms with van der Waals surface area (Å²) in [7, 11) is 1.59. The third-order valence-corrected chi connectivity index (χ3v) is 5.31. The van der Waals surface area contributed by atoms with Gasteiger partial charge in [-0.3, -0.25) is 9.59 Å². The zero-order chi connectivity index (χ0) is 19.3. The summed E-state index contributed by atoms with van der Waals surface area (Å²) in [4.78, 5) is 26.7. The number of carbonyl (C=O) groups excluding carboxylic acids is 2. The molecular weight excluding hydrogens is 350 g/mol. The molecule has 0 atom stereocenters. The van der Waals surface area contributed by atoms with E-state index < -0.39 is 0 Å². The van der Waals surface area contributed by atoms with Gasteiger partial charge in [0.05, 0.1) is 12.7 Å². The second-order valence-corrected chi connectivity index (χ2v) is 6.88. The number of hydrogen-bond acceptors (Lipinski definition) is 3. The van der Waals surface area contributed by atoms with Crippen molar-refractivity contribution in [1.82, 2.24) is 4.57 Å². The van der Waals surface area contributed by atoms with E-state index in [1.807, 2.05) is 53.1 Å². The lowest BCUT2D eigenvalue weighted by Gasteiger charge is -2.17. The average molecular weight is 367 g/mol. The molecule has 4 heteroatoms. The molecule has 0 N–H and O–H groups in total. The van der Waals surface area contributed by atoms with Crippen molar-refractivity contribution in [3.63, 3.8) is 0 Å². The average Bonchev–Trinajstić information content (AvgIpc) is 3.06. The number of methoxy groups -OCH3 is 1. The highest BCUT2D eigenvalue weighted by atomic mass is 16.5. The second-order valence-electron chi connectivity index (χ2n) is 6.88. The molecule has 1 heterocycles. The highest BCUT2D eigenvalue weighted by Crippen LogP contribution is 2.37. The Labute approximate surface area is 162 Å². The van der Waals surface area contributed by atoms with Gasteiger partial charge < -0.3 is 9.30 Å². The Morgan fingerprint density at radius 2 is 1.50 bits per heavy atom. The molecule has 3 aromatic carbocycles.